The van der Waals surface area contributed by atoms with Gasteiger partial charge in [0.1, 0.15) is 48.0 Å². The van der Waals surface area contributed by atoms with Gasteiger partial charge in [-0.2, -0.15) is 10.5 Å². The van der Waals surface area contributed by atoms with Crippen LogP contribution in [-0.4, -0.2) is 28.2 Å². The van der Waals surface area contributed by atoms with Gasteiger partial charge in [-0.25, -0.2) is 19.7 Å². The lowest BCUT2D eigenvalue weighted by atomic mass is 9.97. The monoisotopic (exact) mass is 642 g/mol. The summed E-state index contributed by atoms with van der Waals surface area (Å²) in [5.74, 6) is 0.351. The van der Waals surface area contributed by atoms with Crippen molar-refractivity contribution in [2.45, 2.75) is 13.8 Å². The molecule has 12 heteroatoms. The zero-order chi connectivity index (χ0) is 31.9. The van der Waals surface area contributed by atoms with Gasteiger partial charge in [-0.15, -0.1) is 22.7 Å². The van der Waals surface area contributed by atoms with Gasteiger partial charge in [-0.05, 0) is 25.0 Å². The molecule has 0 aliphatic rings. The van der Waals surface area contributed by atoms with Crippen LogP contribution < -0.4 is 20.8 Å². The van der Waals surface area contributed by atoms with E-state index >= 15 is 0 Å². The first kappa shape index (κ1) is 28.9. The lowest BCUT2D eigenvalue weighted by molar-refractivity contribution is 0.327. The summed E-state index contributed by atoms with van der Waals surface area (Å²) in [7, 11) is 0. The highest BCUT2D eigenvalue weighted by Crippen LogP contribution is 2.48. The maximum atomic E-state index is 13.6. The molecule has 0 spiro atoms. The third-order valence-electron chi connectivity index (χ3n) is 7.32. The molecular formula is C34H22N6O4S2. The standard InChI is InChI=1S/C34H22N6O4S2/c1-3-42-29-19(15-35)21(17-11-7-5-8-12-17)23-25(37)27(45-32(23)39-29)31-38-26-24-22(18-13-9-6-10-14-18)20(16-36)30(43-4-2)40-33(24)46-28(26)34(41)44-31/h5-14H,3-4,37H2,1-2H3. The summed E-state index contributed by atoms with van der Waals surface area (Å²) in [4.78, 5) is 29.0. The first-order chi connectivity index (χ1) is 22.5. The van der Waals surface area contributed by atoms with Gasteiger partial charge in [0.2, 0.25) is 17.7 Å². The van der Waals surface area contributed by atoms with Crippen LogP contribution in [0.3, 0.4) is 0 Å². The molecular weight excluding hydrogens is 621 g/mol. The number of nitrogen functional groups attached to an aromatic ring is 1. The van der Waals surface area contributed by atoms with Crippen molar-refractivity contribution in [2.24, 2.45) is 0 Å². The van der Waals surface area contributed by atoms with Crippen molar-refractivity contribution in [3.63, 3.8) is 0 Å². The Morgan fingerprint density at radius 1 is 0.783 bits per heavy atom. The molecule has 0 aliphatic carbocycles. The summed E-state index contributed by atoms with van der Waals surface area (Å²) in [6, 6.07) is 23.2. The summed E-state index contributed by atoms with van der Waals surface area (Å²) >= 11 is 2.30. The molecule has 5 heterocycles. The number of anilines is 1. The second-order valence-corrected chi connectivity index (χ2v) is 11.9. The van der Waals surface area contributed by atoms with Crippen LogP contribution in [0.2, 0.25) is 0 Å². The lowest BCUT2D eigenvalue weighted by Gasteiger charge is -2.11. The molecule has 0 aliphatic heterocycles. The molecule has 0 saturated heterocycles. The van der Waals surface area contributed by atoms with Crippen LogP contribution in [-0.2, 0) is 0 Å². The van der Waals surface area contributed by atoms with Crippen molar-refractivity contribution < 1.29 is 13.9 Å². The highest BCUT2D eigenvalue weighted by molar-refractivity contribution is 7.25. The Hall–Kier alpha value is -5.82. The van der Waals surface area contributed by atoms with Crippen LogP contribution in [0.1, 0.15) is 25.0 Å². The predicted octanol–water partition coefficient (Wildman–Crippen LogP) is 7.53. The molecule has 7 aromatic rings. The number of rotatable bonds is 7. The predicted molar refractivity (Wildman–Crippen MR) is 179 cm³/mol. The fraction of sp³-hybridized carbons (Fsp3) is 0.118. The van der Waals surface area contributed by atoms with E-state index in [0.29, 0.717) is 55.2 Å². The number of ether oxygens (including phenoxy) is 2. The van der Waals surface area contributed by atoms with E-state index in [1.165, 1.54) is 11.3 Å². The van der Waals surface area contributed by atoms with E-state index in [9.17, 15) is 15.3 Å². The summed E-state index contributed by atoms with van der Waals surface area (Å²) < 4.78 is 17.6. The van der Waals surface area contributed by atoms with Gasteiger partial charge in [0, 0.05) is 21.9 Å². The van der Waals surface area contributed by atoms with Crippen LogP contribution in [0.15, 0.2) is 69.9 Å². The number of nitrogens with zero attached hydrogens (tertiary/aromatic N) is 5. The van der Waals surface area contributed by atoms with E-state index in [1.807, 2.05) is 74.5 Å². The zero-order valence-electron chi connectivity index (χ0n) is 24.5. The molecule has 0 amide bonds. The normalized spacial score (nSPS) is 11.1. The van der Waals surface area contributed by atoms with E-state index in [0.717, 1.165) is 22.5 Å². The highest BCUT2D eigenvalue weighted by Gasteiger charge is 2.28. The fourth-order valence-corrected chi connectivity index (χ4v) is 7.48. The first-order valence-corrected chi connectivity index (χ1v) is 15.9. The van der Waals surface area contributed by atoms with E-state index in [-0.39, 0.29) is 39.2 Å². The smallest absolute Gasteiger partial charge is 0.357 e. The molecule has 224 valence electrons. The molecule has 5 aromatic heterocycles. The number of aromatic nitrogens is 3. The van der Waals surface area contributed by atoms with E-state index in [2.05, 4.69) is 22.1 Å². The summed E-state index contributed by atoms with van der Waals surface area (Å²) in [5, 5.41) is 21.5. The Balaban J connectivity index is 1.56. The maximum Gasteiger partial charge on any atom is 0.357 e. The van der Waals surface area contributed by atoms with Crippen molar-refractivity contribution >= 4 is 59.0 Å². The molecule has 0 radical (unpaired) electrons. The first-order valence-electron chi connectivity index (χ1n) is 14.2. The number of pyridine rings is 2. The van der Waals surface area contributed by atoms with Crippen molar-refractivity contribution in [1.82, 2.24) is 15.0 Å². The van der Waals surface area contributed by atoms with Crippen LogP contribution in [0.25, 0.3) is 63.7 Å². The Kier molecular flexibility index (Phi) is 7.29. The third-order valence-corrected chi connectivity index (χ3v) is 9.46. The van der Waals surface area contributed by atoms with E-state index in [1.54, 1.807) is 0 Å². The van der Waals surface area contributed by atoms with Crippen molar-refractivity contribution in [3.8, 4) is 56.9 Å². The van der Waals surface area contributed by atoms with Crippen LogP contribution in [0.4, 0.5) is 5.69 Å². The number of hydrogen-bond acceptors (Lipinski definition) is 12. The minimum Gasteiger partial charge on any atom is -0.477 e. The van der Waals surface area contributed by atoms with Crippen molar-refractivity contribution in [3.05, 3.63) is 82.2 Å². The third kappa shape index (κ3) is 4.51. The van der Waals surface area contributed by atoms with Gasteiger partial charge < -0.3 is 19.6 Å². The molecule has 0 saturated carbocycles. The molecule has 2 N–H and O–H groups in total. The number of benzene rings is 2. The molecule has 0 bridgehead atoms. The molecule has 2 aromatic carbocycles. The van der Waals surface area contributed by atoms with Gasteiger partial charge in [-0.1, -0.05) is 60.7 Å². The molecule has 46 heavy (non-hydrogen) atoms. The number of nitriles is 2. The number of fused-ring (bicyclic) bond motifs is 4. The van der Waals surface area contributed by atoms with Gasteiger partial charge in [0.15, 0.2) is 0 Å². The Morgan fingerprint density at radius 3 is 1.83 bits per heavy atom. The second-order valence-electron chi connectivity index (χ2n) is 9.95. The van der Waals surface area contributed by atoms with Crippen molar-refractivity contribution in [1.29, 1.82) is 10.5 Å². The average molecular weight is 643 g/mol. The summed E-state index contributed by atoms with van der Waals surface area (Å²) in [5.41, 5.74) is 9.89. The number of hydrogen-bond donors (Lipinski definition) is 1. The second kappa shape index (κ2) is 11.6. The SMILES string of the molecule is CCOc1nc2sc(-c3nc4c(sc5nc(OCC)c(C#N)c(-c6ccccc6)c54)c(=O)o3)c(N)c2c(-c2ccccc2)c1C#N. The van der Waals surface area contributed by atoms with Crippen LogP contribution in [0.5, 0.6) is 11.8 Å². The fourth-order valence-electron chi connectivity index (χ4n) is 5.46. The topological polar surface area (TPSA) is 161 Å². The highest BCUT2D eigenvalue weighted by atomic mass is 32.1. The van der Waals surface area contributed by atoms with E-state index < -0.39 is 5.63 Å². The number of nitrogens with two attached hydrogens (primary N) is 1. The van der Waals surface area contributed by atoms with Crippen LogP contribution >= 0.6 is 22.7 Å². The van der Waals surface area contributed by atoms with Gasteiger partial charge in [0.25, 0.3) is 0 Å². The maximum absolute atomic E-state index is 13.6. The van der Waals surface area contributed by atoms with Crippen molar-refractivity contribution in [2.75, 3.05) is 18.9 Å². The molecule has 7 rings (SSSR count). The van der Waals surface area contributed by atoms with E-state index in [4.69, 9.17) is 24.6 Å². The lowest BCUT2D eigenvalue weighted by Crippen LogP contribution is -2.02. The average Bonchev–Trinajstić information content (AvgIpc) is 3.61. The largest absolute Gasteiger partial charge is 0.477 e. The van der Waals surface area contributed by atoms with Gasteiger partial charge in [0.05, 0.1) is 18.9 Å². The Morgan fingerprint density at radius 2 is 1.30 bits per heavy atom. The molecule has 10 nitrogen and oxygen atoms in total. The Labute approximate surface area is 269 Å². The molecule has 0 atom stereocenters. The molecule has 0 fully saturated rings. The van der Waals surface area contributed by atoms with Gasteiger partial charge >= 0.3 is 5.63 Å². The molecule has 0 unspecified atom stereocenters. The zero-order valence-corrected chi connectivity index (χ0v) is 26.1. The number of thiophene rings is 2. The summed E-state index contributed by atoms with van der Waals surface area (Å²) in [6.45, 7) is 4.24. The minimum absolute atomic E-state index is 0.0143. The van der Waals surface area contributed by atoms with Crippen LogP contribution in [0, 0.1) is 22.7 Å². The Bertz CT molecular complexity index is 2460. The quantitative estimate of drug-likeness (QED) is 0.184. The van der Waals surface area contributed by atoms with Gasteiger partial charge in [-0.3, -0.25) is 0 Å². The minimum atomic E-state index is -0.626. The summed E-state index contributed by atoms with van der Waals surface area (Å²) in [6.07, 6.45) is 0.